The van der Waals surface area contributed by atoms with E-state index >= 15 is 0 Å². The number of carbonyl (C=O) groups is 1. The summed E-state index contributed by atoms with van der Waals surface area (Å²) in [6.07, 6.45) is 7.03. The summed E-state index contributed by atoms with van der Waals surface area (Å²) < 4.78 is 11.6. The molecule has 1 saturated carbocycles. The van der Waals surface area contributed by atoms with Crippen LogP contribution in [0.25, 0.3) is 11.1 Å². The molecule has 4 rings (SSSR count). The molecule has 1 aliphatic carbocycles. The van der Waals surface area contributed by atoms with Gasteiger partial charge in [0.15, 0.2) is 6.29 Å². The zero-order valence-corrected chi connectivity index (χ0v) is 19.2. The fraction of sp³-hybridized carbons (Fsp3) is 0.464. The largest absolute Gasteiger partial charge is 0.458 e. The molecule has 0 amide bonds. The predicted octanol–water partition coefficient (Wildman–Crippen LogP) is 5.12. The average molecular weight is 451 g/mol. The molecule has 33 heavy (non-hydrogen) atoms. The number of rotatable bonds is 9. The highest BCUT2D eigenvalue weighted by molar-refractivity contribution is 5.90. The van der Waals surface area contributed by atoms with Crippen molar-refractivity contribution >= 4 is 5.97 Å². The average Bonchev–Trinajstić information content (AvgIpc) is 3.33. The fourth-order valence-electron chi connectivity index (χ4n) is 5.02. The molecular formula is C28H34O5. The van der Waals surface area contributed by atoms with Crippen LogP contribution in [0.3, 0.4) is 0 Å². The number of unbranched alkanes of at least 4 members (excludes halogenated alkanes) is 2. The Bertz CT molecular complexity index is 923. The standard InChI is InChI=1S/C28H34O5/c1-2-3-5-10-22(29)15-16-23-24-17-27(30)32-26(24)18-25(23)33-28(31)21-13-11-20(12-14-21)19-8-6-4-7-9-19/h4,6-9,11-16,22-27,29-30H,2-3,5,10,17-18H2,1H3/b16-15+/t22-,23+,24+,25+,26-,27-/m1/s1. The molecule has 6 atom stereocenters. The van der Waals surface area contributed by atoms with Gasteiger partial charge in [-0.2, -0.15) is 0 Å². The fourth-order valence-corrected chi connectivity index (χ4v) is 5.02. The van der Waals surface area contributed by atoms with Crippen LogP contribution >= 0.6 is 0 Å². The first-order valence-electron chi connectivity index (χ1n) is 12.1. The quantitative estimate of drug-likeness (QED) is 0.315. The third-order valence-electron chi connectivity index (χ3n) is 6.82. The van der Waals surface area contributed by atoms with Gasteiger partial charge >= 0.3 is 5.97 Å². The Kier molecular flexibility index (Phi) is 7.97. The van der Waals surface area contributed by atoms with E-state index in [1.54, 1.807) is 12.1 Å². The topological polar surface area (TPSA) is 76.0 Å². The molecule has 1 aliphatic heterocycles. The van der Waals surface area contributed by atoms with Crippen LogP contribution in [0.5, 0.6) is 0 Å². The molecule has 0 bridgehead atoms. The Morgan fingerprint density at radius 1 is 1.09 bits per heavy atom. The third-order valence-corrected chi connectivity index (χ3v) is 6.82. The summed E-state index contributed by atoms with van der Waals surface area (Å²) >= 11 is 0. The van der Waals surface area contributed by atoms with Gasteiger partial charge < -0.3 is 19.7 Å². The van der Waals surface area contributed by atoms with E-state index in [2.05, 4.69) is 6.92 Å². The molecule has 5 nitrogen and oxygen atoms in total. The first kappa shape index (κ1) is 23.7. The van der Waals surface area contributed by atoms with E-state index in [1.807, 2.05) is 54.6 Å². The van der Waals surface area contributed by atoms with Crippen LogP contribution in [-0.2, 0) is 9.47 Å². The van der Waals surface area contributed by atoms with Gasteiger partial charge in [0, 0.05) is 18.8 Å². The molecule has 176 valence electrons. The number of esters is 1. The van der Waals surface area contributed by atoms with E-state index in [9.17, 15) is 15.0 Å². The molecule has 0 unspecified atom stereocenters. The van der Waals surface area contributed by atoms with Crippen molar-refractivity contribution in [3.63, 3.8) is 0 Å². The van der Waals surface area contributed by atoms with Crippen molar-refractivity contribution < 1.29 is 24.5 Å². The molecule has 0 spiro atoms. The predicted molar refractivity (Wildman–Crippen MR) is 127 cm³/mol. The van der Waals surface area contributed by atoms with Gasteiger partial charge in [0.05, 0.1) is 17.8 Å². The lowest BCUT2D eigenvalue weighted by atomic mass is 9.91. The van der Waals surface area contributed by atoms with Gasteiger partial charge in [-0.1, -0.05) is 80.8 Å². The summed E-state index contributed by atoms with van der Waals surface area (Å²) in [5.74, 6) is -0.361. The molecule has 0 aromatic heterocycles. The van der Waals surface area contributed by atoms with Crippen molar-refractivity contribution in [3.05, 3.63) is 72.3 Å². The maximum Gasteiger partial charge on any atom is 0.338 e. The van der Waals surface area contributed by atoms with Crippen LogP contribution < -0.4 is 0 Å². The van der Waals surface area contributed by atoms with Crippen LogP contribution in [0.1, 0.15) is 55.8 Å². The van der Waals surface area contributed by atoms with Crippen LogP contribution in [0.2, 0.25) is 0 Å². The lowest BCUT2D eigenvalue weighted by molar-refractivity contribution is -0.0955. The number of ether oxygens (including phenoxy) is 2. The SMILES string of the molecule is CCCCC[C@@H](O)/C=C/[C@H]1[C@@H]2C[C@H](O)O[C@@H]2C[C@@H]1OC(=O)c1ccc(-c2ccccc2)cc1. The molecule has 0 radical (unpaired) electrons. The van der Waals surface area contributed by atoms with Crippen LogP contribution in [0.4, 0.5) is 0 Å². The second-order valence-corrected chi connectivity index (χ2v) is 9.18. The lowest BCUT2D eigenvalue weighted by Crippen LogP contribution is -2.25. The van der Waals surface area contributed by atoms with Crippen LogP contribution in [0.15, 0.2) is 66.7 Å². The molecule has 1 saturated heterocycles. The third kappa shape index (κ3) is 5.91. The summed E-state index contributed by atoms with van der Waals surface area (Å²) in [5, 5.41) is 20.3. The number of aliphatic hydroxyl groups is 2. The normalized spacial score (nSPS) is 27.5. The van der Waals surface area contributed by atoms with E-state index in [1.165, 1.54) is 0 Å². The van der Waals surface area contributed by atoms with Crippen molar-refractivity contribution in [2.24, 2.45) is 11.8 Å². The molecule has 2 aliphatic rings. The second-order valence-electron chi connectivity index (χ2n) is 9.18. The van der Waals surface area contributed by atoms with Crippen molar-refractivity contribution in [3.8, 4) is 11.1 Å². The molecular weight excluding hydrogens is 416 g/mol. The Morgan fingerprint density at radius 3 is 2.55 bits per heavy atom. The monoisotopic (exact) mass is 450 g/mol. The minimum absolute atomic E-state index is 0.0809. The first-order valence-corrected chi connectivity index (χ1v) is 12.1. The summed E-state index contributed by atoms with van der Waals surface area (Å²) in [7, 11) is 0. The van der Waals surface area contributed by atoms with Gasteiger partial charge in [0.1, 0.15) is 6.10 Å². The van der Waals surface area contributed by atoms with Crippen LogP contribution in [0, 0.1) is 11.8 Å². The van der Waals surface area contributed by atoms with Gasteiger partial charge in [-0.3, -0.25) is 0 Å². The highest BCUT2D eigenvalue weighted by Gasteiger charge is 2.50. The number of benzene rings is 2. The smallest absolute Gasteiger partial charge is 0.338 e. The Hall–Kier alpha value is -2.47. The van der Waals surface area contributed by atoms with E-state index in [4.69, 9.17) is 9.47 Å². The van der Waals surface area contributed by atoms with Gasteiger partial charge in [0.2, 0.25) is 0 Å². The zero-order chi connectivity index (χ0) is 23.2. The Morgan fingerprint density at radius 2 is 1.82 bits per heavy atom. The summed E-state index contributed by atoms with van der Waals surface area (Å²) in [6.45, 7) is 2.14. The van der Waals surface area contributed by atoms with Gasteiger partial charge in [-0.15, -0.1) is 0 Å². The minimum Gasteiger partial charge on any atom is -0.458 e. The number of fused-ring (bicyclic) bond motifs is 1. The summed E-state index contributed by atoms with van der Waals surface area (Å²) in [5.41, 5.74) is 2.65. The Labute approximate surface area is 196 Å². The van der Waals surface area contributed by atoms with Crippen molar-refractivity contribution in [1.29, 1.82) is 0 Å². The van der Waals surface area contributed by atoms with Gasteiger partial charge in [0.25, 0.3) is 0 Å². The number of hydrogen-bond acceptors (Lipinski definition) is 5. The van der Waals surface area contributed by atoms with Gasteiger partial charge in [-0.25, -0.2) is 4.79 Å². The van der Waals surface area contributed by atoms with Crippen molar-refractivity contribution in [2.75, 3.05) is 0 Å². The molecule has 1 heterocycles. The second kappa shape index (κ2) is 11.1. The van der Waals surface area contributed by atoms with Gasteiger partial charge in [-0.05, 0) is 35.6 Å². The maximum atomic E-state index is 12.9. The van der Waals surface area contributed by atoms with E-state index < -0.39 is 12.4 Å². The van der Waals surface area contributed by atoms with E-state index in [-0.39, 0.29) is 30.0 Å². The number of aliphatic hydroxyl groups excluding tert-OH is 2. The summed E-state index contributed by atoms with van der Waals surface area (Å²) in [4.78, 5) is 12.9. The molecule has 2 aromatic rings. The minimum atomic E-state index is -0.771. The lowest BCUT2D eigenvalue weighted by Gasteiger charge is -2.21. The number of carbonyl (C=O) groups excluding carboxylic acids is 1. The summed E-state index contributed by atoms with van der Waals surface area (Å²) in [6, 6.07) is 17.5. The molecule has 2 aromatic carbocycles. The van der Waals surface area contributed by atoms with E-state index in [0.29, 0.717) is 18.4 Å². The molecule has 5 heteroatoms. The van der Waals surface area contributed by atoms with E-state index in [0.717, 1.165) is 36.8 Å². The molecule has 2 fully saturated rings. The first-order chi connectivity index (χ1) is 16.0. The zero-order valence-electron chi connectivity index (χ0n) is 19.2. The highest BCUT2D eigenvalue weighted by atomic mass is 16.6. The molecule has 2 N–H and O–H groups in total. The highest BCUT2D eigenvalue weighted by Crippen LogP contribution is 2.45. The van der Waals surface area contributed by atoms with Crippen LogP contribution in [-0.4, -0.2) is 40.8 Å². The Balaban J connectivity index is 1.42. The van der Waals surface area contributed by atoms with Crippen molar-refractivity contribution in [1.82, 2.24) is 0 Å². The van der Waals surface area contributed by atoms with Crippen molar-refractivity contribution in [2.45, 2.75) is 70.1 Å². The number of hydrogen-bond donors (Lipinski definition) is 2. The maximum absolute atomic E-state index is 12.9.